The van der Waals surface area contributed by atoms with Crippen molar-refractivity contribution in [2.45, 2.75) is 46.3 Å². The van der Waals surface area contributed by atoms with Crippen LogP contribution in [0.1, 0.15) is 32.8 Å². The maximum Gasteiger partial charge on any atom is 0.222 e. The first-order chi connectivity index (χ1) is 8.04. The molecule has 1 heterocycles. The van der Waals surface area contributed by atoms with Crippen molar-refractivity contribution in [3.63, 3.8) is 0 Å². The molecule has 94 valence electrons. The van der Waals surface area contributed by atoms with Crippen LogP contribution < -0.4 is 5.32 Å². The lowest BCUT2D eigenvalue weighted by Crippen LogP contribution is -2.58. The number of nitrogens with zero attached hydrogens (tertiary/aromatic N) is 2. The van der Waals surface area contributed by atoms with Crippen LogP contribution in [0.5, 0.6) is 0 Å². The summed E-state index contributed by atoms with van der Waals surface area (Å²) in [6, 6.07) is 0.391. The number of hydrogen-bond donors (Lipinski definition) is 1. The third kappa shape index (κ3) is 2.41. The molecule has 1 aromatic heterocycles. The Morgan fingerprint density at radius 2 is 2.06 bits per heavy atom. The van der Waals surface area contributed by atoms with Crippen molar-refractivity contribution in [2.24, 2.45) is 5.41 Å². The van der Waals surface area contributed by atoms with Gasteiger partial charge in [0, 0.05) is 30.5 Å². The molecule has 1 aromatic rings. The molecule has 0 amide bonds. The van der Waals surface area contributed by atoms with Crippen LogP contribution >= 0.6 is 0 Å². The van der Waals surface area contributed by atoms with Crippen molar-refractivity contribution in [1.82, 2.24) is 9.97 Å². The third-order valence-corrected chi connectivity index (χ3v) is 3.63. The first-order valence-corrected chi connectivity index (χ1v) is 6.20. The highest BCUT2D eigenvalue weighted by molar-refractivity contribution is 5.29. The maximum absolute atomic E-state index is 5.70. The van der Waals surface area contributed by atoms with E-state index in [0.29, 0.717) is 18.1 Å². The van der Waals surface area contributed by atoms with Crippen LogP contribution in [0.3, 0.4) is 0 Å². The number of aryl methyl sites for hydroxylation is 1. The molecule has 0 spiro atoms. The topological polar surface area (TPSA) is 47.0 Å². The number of hydrogen-bond acceptors (Lipinski definition) is 4. The SMILES string of the molecule is CCOC1CC(Nc2ncc(C)cn2)C1(C)C. The van der Waals surface area contributed by atoms with Crippen molar-refractivity contribution in [3.05, 3.63) is 18.0 Å². The zero-order valence-electron chi connectivity index (χ0n) is 11.0. The Morgan fingerprint density at radius 1 is 1.41 bits per heavy atom. The zero-order valence-corrected chi connectivity index (χ0v) is 11.0. The van der Waals surface area contributed by atoms with Crippen molar-refractivity contribution in [2.75, 3.05) is 11.9 Å². The van der Waals surface area contributed by atoms with Gasteiger partial charge in [0.2, 0.25) is 5.95 Å². The van der Waals surface area contributed by atoms with Gasteiger partial charge in [0.25, 0.3) is 0 Å². The van der Waals surface area contributed by atoms with E-state index in [1.807, 2.05) is 26.2 Å². The molecular formula is C13H21N3O. The summed E-state index contributed by atoms with van der Waals surface area (Å²) < 4.78 is 5.70. The monoisotopic (exact) mass is 235 g/mol. The molecule has 0 bridgehead atoms. The highest BCUT2D eigenvalue weighted by Crippen LogP contribution is 2.43. The van der Waals surface area contributed by atoms with Crippen LogP contribution in [0.4, 0.5) is 5.95 Å². The first-order valence-electron chi connectivity index (χ1n) is 6.20. The molecule has 0 aromatic carbocycles. The van der Waals surface area contributed by atoms with Crippen molar-refractivity contribution >= 4 is 5.95 Å². The van der Waals surface area contributed by atoms with E-state index in [4.69, 9.17) is 4.74 Å². The molecular weight excluding hydrogens is 214 g/mol. The van der Waals surface area contributed by atoms with E-state index in [2.05, 4.69) is 29.1 Å². The third-order valence-electron chi connectivity index (χ3n) is 3.63. The van der Waals surface area contributed by atoms with Crippen LogP contribution in [-0.4, -0.2) is 28.7 Å². The molecule has 1 N–H and O–H groups in total. The quantitative estimate of drug-likeness (QED) is 0.870. The lowest BCUT2D eigenvalue weighted by Gasteiger charge is -2.51. The minimum atomic E-state index is 0.143. The van der Waals surface area contributed by atoms with Gasteiger partial charge in [0.1, 0.15) is 0 Å². The molecule has 17 heavy (non-hydrogen) atoms. The van der Waals surface area contributed by atoms with E-state index in [9.17, 15) is 0 Å². The first kappa shape index (κ1) is 12.3. The molecule has 1 fully saturated rings. The van der Waals surface area contributed by atoms with E-state index in [1.54, 1.807) is 0 Å². The van der Waals surface area contributed by atoms with Gasteiger partial charge in [-0.25, -0.2) is 9.97 Å². The van der Waals surface area contributed by atoms with E-state index in [1.165, 1.54) is 0 Å². The highest BCUT2D eigenvalue weighted by Gasteiger charge is 2.49. The van der Waals surface area contributed by atoms with Crippen LogP contribution in [0.25, 0.3) is 0 Å². The molecule has 1 aliphatic rings. The molecule has 2 atom stereocenters. The summed E-state index contributed by atoms with van der Waals surface area (Å²) in [6.07, 6.45) is 5.04. The second-order valence-electron chi connectivity index (χ2n) is 5.28. The van der Waals surface area contributed by atoms with Gasteiger partial charge < -0.3 is 10.1 Å². The fraction of sp³-hybridized carbons (Fsp3) is 0.692. The molecule has 4 nitrogen and oxygen atoms in total. The summed E-state index contributed by atoms with van der Waals surface area (Å²) in [6.45, 7) is 9.26. The van der Waals surface area contributed by atoms with E-state index < -0.39 is 0 Å². The minimum Gasteiger partial charge on any atom is -0.378 e. The fourth-order valence-corrected chi connectivity index (χ4v) is 2.24. The van der Waals surface area contributed by atoms with Gasteiger partial charge in [-0.1, -0.05) is 13.8 Å². The average molecular weight is 235 g/mol. The van der Waals surface area contributed by atoms with E-state index >= 15 is 0 Å². The summed E-state index contributed by atoms with van der Waals surface area (Å²) in [7, 11) is 0. The van der Waals surface area contributed by atoms with Gasteiger partial charge >= 0.3 is 0 Å². The average Bonchev–Trinajstić information content (AvgIpc) is 2.30. The predicted molar refractivity (Wildman–Crippen MR) is 68.0 cm³/mol. The van der Waals surface area contributed by atoms with Gasteiger partial charge in [0.15, 0.2) is 0 Å². The second-order valence-corrected chi connectivity index (χ2v) is 5.28. The Hall–Kier alpha value is -1.16. The van der Waals surface area contributed by atoms with Gasteiger partial charge in [-0.3, -0.25) is 0 Å². The Balaban J connectivity index is 1.95. The lowest BCUT2D eigenvalue weighted by molar-refractivity contribution is -0.0977. The van der Waals surface area contributed by atoms with E-state index in [0.717, 1.165) is 18.6 Å². The number of aromatic nitrogens is 2. The van der Waals surface area contributed by atoms with Crippen molar-refractivity contribution in [3.8, 4) is 0 Å². The van der Waals surface area contributed by atoms with Gasteiger partial charge in [-0.2, -0.15) is 0 Å². The fourth-order valence-electron chi connectivity index (χ4n) is 2.24. The molecule has 1 saturated carbocycles. The maximum atomic E-state index is 5.70. The number of anilines is 1. The van der Waals surface area contributed by atoms with Gasteiger partial charge in [0.05, 0.1) is 6.10 Å². The summed E-state index contributed by atoms with van der Waals surface area (Å²) in [5.41, 5.74) is 1.22. The summed E-state index contributed by atoms with van der Waals surface area (Å²) in [4.78, 5) is 8.55. The standard InChI is InChI=1S/C13H21N3O/c1-5-17-11-6-10(13(11,3)4)16-12-14-7-9(2)8-15-12/h7-8,10-11H,5-6H2,1-4H3,(H,14,15,16). The summed E-state index contributed by atoms with van der Waals surface area (Å²) >= 11 is 0. The lowest BCUT2D eigenvalue weighted by atomic mass is 9.64. The molecule has 0 saturated heterocycles. The molecule has 0 aliphatic heterocycles. The molecule has 1 aliphatic carbocycles. The number of rotatable bonds is 4. The van der Waals surface area contributed by atoms with Crippen LogP contribution in [0.15, 0.2) is 12.4 Å². The van der Waals surface area contributed by atoms with Crippen molar-refractivity contribution in [1.29, 1.82) is 0 Å². The summed E-state index contributed by atoms with van der Waals surface area (Å²) in [5, 5.41) is 3.38. The normalized spacial score (nSPS) is 26.4. The minimum absolute atomic E-state index is 0.143. The van der Waals surface area contributed by atoms with Crippen LogP contribution in [-0.2, 0) is 4.74 Å². The Labute approximate surface area is 103 Å². The van der Waals surface area contributed by atoms with Gasteiger partial charge in [-0.15, -0.1) is 0 Å². The number of nitrogens with one attached hydrogen (secondary N) is 1. The van der Waals surface area contributed by atoms with Gasteiger partial charge in [-0.05, 0) is 25.8 Å². The molecule has 0 radical (unpaired) electrons. The van der Waals surface area contributed by atoms with Crippen LogP contribution in [0, 0.1) is 12.3 Å². The van der Waals surface area contributed by atoms with Crippen molar-refractivity contribution < 1.29 is 4.74 Å². The highest BCUT2D eigenvalue weighted by atomic mass is 16.5. The Morgan fingerprint density at radius 3 is 2.59 bits per heavy atom. The second kappa shape index (κ2) is 4.61. The Kier molecular flexibility index (Phi) is 3.33. The Bertz CT molecular complexity index is 375. The summed E-state index contributed by atoms with van der Waals surface area (Å²) in [5.74, 6) is 0.712. The molecule has 2 unspecified atom stereocenters. The smallest absolute Gasteiger partial charge is 0.222 e. The largest absolute Gasteiger partial charge is 0.378 e. The molecule has 4 heteroatoms. The molecule has 2 rings (SSSR count). The van der Waals surface area contributed by atoms with Crippen LogP contribution in [0.2, 0.25) is 0 Å². The van der Waals surface area contributed by atoms with E-state index in [-0.39, 0.29) is 5.41 Å². The zero-order chi connectivity index (χ0) is 12.5. The predicted octanol–water partition coefficient (Wildman–Crippen LogP) is 2.40. The number of ether oxygens (including phenoxy) is 1.